The molecule has 1 aromatic heterocycles. The highest BCUT2D eigenvalue weighted by atomic mass is 79.9. The maximum absolute atomic E-state index is 12.1. The number of carbonyl (C=O) groups excluding carboxylic acids is 1. The molecule has 0 aromatic carbocycles. The van der Waals surface area contributed by atoms with Crippen molar-refractivity contribution in [3.8, 4) is 0 Å². The van der Waals surface area contributed by atoms with Crippen molar-refractivity contribution < 1.29 is 14.7 Å². The van der Waals surface area contributed by atoms with E-state index in [4.69, 9.17) is 5.11 Å². The SMILES string of the molecule is CC1CC(C(=O)O)CN(C(=O)NCCn2cc(Br)cn2)C1. The van der Waals surface area contributed by atoms with E-state index in [0.29, 0.717) is 26.1 Å². The first kappa shape index (κ1) is 15.8. The van der Waals surface area contributed by atoms with Crippen molar-refractivity contribution in [2.45, 2.75) is 19.9 Å². The lowest BCUT2D eigenvalue weighted by atomic mass is 9.91. The summed E-state index contributed by atoms with van der Waals surface area (Å²) in [6.07, 6.45) is 4.14. The van der Waals surface area contributed by atoms with Crippen molar-refractivity contribution in [3.05, 3.63) is 16.9 Å². The van der Waals surface area contributed by atoms with Crippen molar-refractivity contribution in [1.29, 1.82) is 0 Å². The molecule has 0 radical (unpaired) electrons. The van der Waals surface area contributed by atoms with Gasteiger partial charge in [0.2, 0.25) is 0 Å². The summed E-state index contributed by atoms with van der Waals surface area (Å²) in [4.78, 5) is 24.8. The van der Waals surface area contributed by atoms with Crippen molar-refractivity contribution >= 4 is 27.9 Å². The van der Waals surface area contributed by atoms with E-state index in [2.05, 4.69) is 26.3 Å². The minimum absolute atomic E-state index is 0.202. The largest absolute Gasteiger partial charge is 0.481 e. The number of aliphatic carboxylic acids is 1. The van der Waals surface area contributed by atoms with E-state index in [1.807, 2.05) is 13.1 Å². The number of hydrogen-bond acceptors (Lipinski definition) is 3. The molecule has 2 N–H and O–H groups in total. The Bertz CT molecular complexity index is 519. The van der Waals surface area contributed by atoms with E-state index in [-0.39, 0.29) is 18.5 Å². The van der Waals surface area contributed by atoms with E-state index < -0.39 is 11.9 Å². The summed E-state index contributed by atoms with van der Waals surface area (Å²) >= 11 is 3.31. The minimum Gasteiger partial charge on any atom is -0.481 e. The summed E-state index contributed by atoms with van der Waals surface area (Å²) in [6.45, 7) is 3.87. The zero-order valence-corrected chi connectivity index (χ0v) is 13.4. The van der Waals surface area contributed by atoms with E-state index in [9.17, 15) is 9.59 Å². The van der Waals surface area contributed by atoms with Crippen LogP contribution < -0.4 is 5.32 Å². The molecule has 8 heteroatoms. The van der Waals surface area contributed by atoms with Gasteiger partial charge in [-0.2, -0.15) is 5.10 Å². The number of carboxylic acids is 1. The number of rotatable bonds is 4. The number of urea groups is 1. The van der Waals surface area contributed by atoms with Gasteiger partial charge >= 0.3 is 12.0 Å². The number of nitrogens with one attached hydrogen (secondary N) is 1. The molecule has 21 heavy (non-hydrogen) atoms. The van der Waals surface area contributed by atoms with E-state index in [0.717, 1.165) is 4.47 Å². The van der Waals surface area contributed by atoms with Crippen LogP contribution in [-0.2, 0) is 11.3 Å². The van der Waals surface area contributed by atoms with Gasteiger partial charge in [0.25, 0.3) is 0 Å². The van der Waals surface area contributed by atoms with Gasteiger partial charge in [0.1, 0.15) is 0 Å². The van der Waals surface area contributed by atoms with Gasteiger partial charge in [0.05, 0.1) is 23.1 Å². The summed E-state index contributed by atoms with van der Waals surface area (Å²) in [7, 11) is 0. The molecule has 116 valence electrons. The molecule has 7 nitrogen and oxygen atoms in total. The Balaban J connectivity index is 1.80. The van der Waals surface area contributed by atoms with Crippen LogP contribution in [0.25, 0.3) is 0 Å². The molecule has 1 aliphatic rings. The van der Waals surface area contributed by atoms with E-state index in [1.54, 1.807) is 15.8 Å². The van der Waals surface area contributed by atoms with Crippen LogP contribution in [0.5, 0.6) is 0 Å². The maximum Gasteiger partial charge on any atom is 0.317 e. The quantitative estimate of drug-likeness (QED) is 0.851. The molecule has 1 aliphatic heterocycles. The number of carboxylic acid groups (broad SMARTS) is 1. The van der Waals surface area contributed by atoms with Gasteiger partial charge in [-0.3, -0.25) is 9.48 Å². The van der Waals surface area contributed by atoms with Crippen LogP contribution >= 0.6 is 15.9 Å². The highest BCUT2D eigenvalue weighted by molar-refractivity contribution is 9.10. The second-order valence-electron chi connectivity index (χ2n) is 5.43. The molecular weight excluding hydrogens is 340 g/mol. The molecule has 0 spiro atoms. The third-order valence-electron chi connectivity index (χ3n) is 3.52. The number of halogens is 1. The normalized spacial score (nSPS) is 22.1. The molecule has 2 heterocycles. The fourth-order valence-corrected chi connectivity index (χ4v) is 2.87. The summed E-state index contributed by atoms with van der Waals surface area (Å²) in [5.74, 6) is -1.10. The fraction of sp³-hybridized carbons (Fsp3) is 0.615. The summed E-state index contributed by atoms with van der Waals surface area (Å²) in [5, 5.41) is 16.0. The van der Waals surface area contributed by atoms with Gasteiger partial charge in [0, 0.05) is 25.8 Å². The van der Waals surface area contributed by atoms with Crippen LogP contribution in [0.1, 0.15) is 13.3 Å². The standard InChI is InChI=1S/C13H19BrN4O3/c1-9-4-10(12(19)20)7-17(6-9)13(21)15-2-3-18-8-11(14)5-16-18/h5,8-10H,2-4,6-7H2,1H3,(H,15,21)(H,19,20). The molecule has 1 aromatic rings. The smallest absolute Gasteiger partial charge is 0.317 e. The molecule has 0 aliphatic carbocycles. The Kier molecular flexibility index (Phi) is 5.22. The Morgan fingerprint density at radius 3 is 2.90 bits per heavy atom. The average molecular weight is 359 g/mol. The van der Waals surface area contributed by atoms with Gasteiger partial charge in [-0.15, -0.1) is 0 Å². The summed E-state index contributed by atoms with van der Waals surface area (Å²) < 4.78 is 2.62. The number of nitrogens with zero attached hydrogens (tertiary/aromatic N) is 3. The van der Waals surface area contributed by atoms with Gasteiger partial charge < -0.3 is 15.3 Å². The van der Waals surface area contributed by atoms with Gasteiger partial charge in [-0.05, 0) is 28.3 Å². The first-order valence-corrected chi connectivity index (χ1v) is 7.68. The third kappa shape index (κ3) is 4.45. The number of aromatic nitrogens is 2. The van der Waals surface area contributed by atoms with E-state index in [1.165, 1.54) is 0 Å². The van der Waals surface area contributed by atoms with Crippen LogP contribution in [-0.4, -0.2) is 51.4 Å². The van der Waals surface area contributed by atoms with Crippen molar-refractivity contribution in [2.75, 3.05) is 19.6 Å². The van der Waals surface area contributed by atoms with Crippen LogP contribution in [0.2, 0.25) is 0 Å². The maximum atomic E-state index is 12.1. The van der Waals surface area contributed by atoms with Crippen molar-refractivity contribution in [2.24, 2.45) is 11.8 Å². The predicted molar refractivity (Wildman–Crippen MR) is 79.8 cm³/mol. The van der Waals surface area contributed by atoms with Gasteiger partial charge in [-0.1, -0.05) is 6.92 Å². The number of likely N-dealkylation sites (tertiary alicyclic amines) is 1. The van der Waals surface area contributed by atoms with Gasteiger partial charge in [0.15, 0.2) is 0 Å². The second kappa shape index (κ2) is 6.93. The fourth-order valence-electron chi connectivity index (χ4n) is 2.55. The molecule has 1 saturated heterocycles. The highest BCUT2D eigenvalue weighted by Crippen LogP contribution is 2.21. The third-order valence-corrected chi connectivity index (χ3v) is 3.92. The Morgan fingerprint density at radius 2 is 2.29 bits per heavy atom. The Labute approximate surface area is 131 Å². The Hall–Kier alpha value is -1.57. The molecular formula is C13H19BrN4O3. The highest BCUT2D eigenvalue weighted by Gasteiger charge is 2.31. The van der Waals surface area contributed by atoms with E-state index >= 15 is 0 Å². The molecule has 2 atom stereocenters. The number of amides is 2. The molecule has 0 bridgehead atoms. The second-order valence-corrected chi connectivity index (χ2v) is 6.35. The molecule has 2 amide bonds. The number of hydrogen-bond donors (Lipinski definition) is 2. The average Bonchev–Trinajstić information content (AvgIpc) is 2.83. The lowest BCUT2D eigenvalue weighted by Gasteiger charge is -2.34. The number of piperidine rings is 1. The monoisotopic (exact) mass is 358 g/mol. The number of carbonyl (C=O) groups is 2. The zero-order valence-electron chi connectivity index (χ0n) is 11.8. The topological polar surface area (TPSA) is 87.5 Å². The first-order chi connectivity index (χ1) is 9.95. The lowest BCUT2D eigenvalue weighted by molar-refractivity contribution is -0.143. The molecule has 2 rings (SSSR count). The minimum atomic E-state index is -0.833. The van der Waals surface area contributed by atoms with Crippen LogP contribution in [0, 0.1) is 11.8 Å². The summed E-state index contributed by atoms with van der Waals surface area (Å²) in [6, 6.07) is -0.209. The van der Waals surface area contributed by atoms with Crippen LogP contribution in [0.3, 0.4) is 0 Å². The lowest BCUT2D eigenvalue weighted by Crippen LogP contribution is -2.49. The summed E-state index contributed by atoms with van der Waals surface area (Å²) in [5.41, 5.74) is 0. The first-order valence-electron chi connectivity index (χ1n) is 6.89. The van der Waals surface area contributed by atoms with Crippen molar-refractivity contribution in [1.82, 2.24) is 20.0 Å². The zero-order chi connectivity index (χ0) is 15.4. The van der Waals surface area contributed by atoms with Gasteiger partial charge in [-0.25, -0.2) is 4.79 Å². The molecule has 2 unspecified atom stereocenters. The van der Waals surface area contributed by atoms with Crippen LogP contribution in [0.4, 0.5) is 4.79 Å². The molecule has 1 fully saturated rings. The van der Waals surface area contributed by atoms with Crippen molar-refractivity contribution in [3.63, 3.8) is 0 Å². The van der Waals surface area contributed by atoms with Crippen LogP contribution in [0.15, 0.2) is 16.9 Å². The predicted octanol–water partition coefficient (Wildman–Crippen LogP) is 1.40. The molecule has 0 saturated carbocycles. The Morgan fingerprint density at radius 1 is 1.52 bits per heavy atom.